The van der Waals surface area contributed by atoms with Crippen LogP contribution in [0.15, 0.2) is 137 Å². The maximum atomic E-state index is 11.5. The number of fused-ring (bicyclic) bond motifs is 4. The number of nitrogens with two attached hydrogens (primary N) is 4. The molecular weight excluding hydrogens is 1160 g/mol. The Morgan fingerprint density at radius 2 is 1.03 bits per heavy atom. The second kappa shape index (κ2) is 32.2. The Hall–Kier alpha value is -10.3. The number of carbonyl (C=O) groups is 2. The molecule has 0 radical (unpaired) electrons. The molecule has 0 aliphatic carbocycles. The SMILES string of the molecule is C.C.C=C1NC(=O)C(C)=CN1C(C)C.C=C1NC(=O)C=CN1C(C)C.CC(C)(C)n1ccc(N)nc1=O.CC(C)n1ccc2c(N)ccnc21.CC(C)n1cnc2c(=O)[nH]c(N)nc21.CC(C)n1cnc2c(N)ccnc21.Cc1nc2c(ccn2C(C)C)c(=O)[nH]1. The van der Waals surface area contributed by atoms with E-state index >= 15 is 0 Å². The van der Waals surface area contributed by atoms with E-state index in [0.29, 0.717) is 69.9 Å². The smallest absolute Gasteiger partial charge is 0.349 e. The molecule has 9 aromatic rings. The standard InChI is InChI=1S/C10H13N3O.C10H13N3.C9H12N4.C9H14N2O.C8H11N5O.C8H13N3O.C8H12N2O.2CH4/c1-6(2)13-5-4-8-9(13)11-7(3)12-10(8)14;1-7(2)13-6-4-8-9(11)3-5-12-10(8)13;1-6(2)13-5-12-8-7(10)3-4-11-9(8)13;1-6(2)11-5-7(3)9(12)10-8(11)4;1-4(2)13-3-10-5-6(13)11-8(9)12-7(5)14;1-8(2,3)11-5-4-6(9)10-7(11)12;1-6(2)10-5-4-8(11)9-7(10)3;;/h4-6H,1-3H3,(H,11,12,14);3-7H,1-2H3,(H2,11,12);3-6H,1-2H3,(H2,10,11);5-6H,4H2,1-3H3,(H,10,12);3-4H,1-2H3,(H3,9,11,12,14);4-5H,1-3H3,(H2,9,10,12);4-6H,3H2,1-2H3,(H,9,11);2*1H4. The summed E-state index contributed by atoms with van der Waals surface area (Å²) in [6.07, 6.45) is 17.5. The van der Waals surface area contributed by atoms with Crippen LogP contribution in [0.5, 0.6) is 0 Å². The lowest BCUT2D eigenvalue weighted by Gasteiger charge is -2.31. The number of aromatic nitrogens is 14. The molecule has 9 aromatic heterocycles. The second-order valence-corrected chi connectivity index (χ2v) is 23.5. The molecule has 0 unspecified atom stereocenters. The van der Waals surface area contributed by atoms with Gasteiger partial charge in [0.1, 0.15) is 40.1 Å². The first-order valence-corrected chi connectivity index (χ1v) is 29.0. The summed E-state index contributed by atoms with van der Waals surface area (Å²) in [6, 6.07) is 11.0. The number of nitrogen functional groups attached to an aromatic ring is 4. The normalized spacial score (nSPS) is 12.8. The molecule has 2 aliphatic heterocycles. The van der Waals surface area contributed by atoms with Gasteiger partial charge in [0.15, 0.2) is 16.8 Å². The van der Waals surface area contributed by atoms with Crippen LogP contribution >= 0.6 is 0 Å². The fraction of sp³-hybridized carbons (Fsp3) is 0.406. The Morgan fingerprint density at radius 1 is 0.516 bits per heavy atom. The van der Waals surface area contributed by atoms with Crippen molar-refractivity contribution in [1.29, 1.82) is 0 Å². The monoisotopic (exact) mass is 1250 g/mol. The molecule has 0 aromatic carbocycles. The van der Waals surface area contributed by atoms with Crippen molar-refractivity contribution in [3.63, 3.8) is 0 Å². The average Bonchev–Trinajstić information content (AvgIpc) is 1.72. The van der Waals surface area contributed by atoms with Gasteiger partial charge in [-0.05, 0) is 148 Å². The number of amides is 2. The van der Waals surface area contributed by atoms with Crippen LogP contribution in [0.2, 0.25) is 0 Å². The molecule has 492 valence electrons. The molecule has 0 atom stereocenters. The number of hydrogen-bond donors (Lipinski definition) is 8. The number of rotatable bonds is 6. The van der Waals surface area contributed by atoms with Crippen molar-refractivity contribution in [2.75, 3.05) is 22.9 Å². The Balaban J connectivity index is 0.000000277. The van der Waals surface area contributed by atoms with Crippen molar-refractivity contribution >= 4 is 79.3 Å². The van der Waals surface area contributed by atoms with E-state index in [4.69, 9.17) is 22.9 Å². The molecule has 0 spiro atoms. The van der Waals surface area contributed by atoms with Gasteiger partial charge < -0.3 is 66.6 Å². The van der Waals surface area contributed by atoms with E-state index in [1.165, 1.54) is 6.08 Å². The summed E-state index contributed by atoms with van der Waals surface area (Å²) in [5, 5.41) is 7.00. The van der Waals surface area contributed by atoms with E-state index in [1.54, 1.807) is 78.6 Å². The average molecular weight is 1250 g/mol. The van der Waals surface area contributed by atoms with Crippen molar-refractivity contribution < 1.29 is 9.59 Å². The highest BCUT2D eigenvalue weighted by molar-refractivity contribution is 5.95. The van der Waals surface area contributed by atoms with Crippen LogP contribution in [-0.4, -0.2) is 101 Å². The molecule has 27 heteroatoms. The van der Waals surface area contributed by atoms with Gasteiger partial charge in [0, 0.05) is 108 Å². The Morgan fingerprint density at radius 3 is 1.57 bits per heavy atom. The molecule has 2 aliphatic rings. The molecule has 91 heavy (non-hydrogen) atoms. The van der Waals surface area contributed by atoms with Crippen LogP contribution < -0.4 is 50.4 Å². The van der Waals surface area contributed by atoms with Gasteiger partial charge in [-0.15, -0.1) is 0 Å². The number of anilines is 4. The molecule has 11 heterocycles. The van der Waals surface area contributed by atoms with Gasteiger partial charge in [0.05, 0.1) is 23.7 Å². The van der Waals surface area contributed by atoms with E-state index in [1.807, 2.05) is 112 Å². The van der Waals surface area contributed by atoms with Crippen molar-refractivity contribution in [3.8, 4) is 0 Å². The summed E-state index contributed by atoms with van der Waals surface area (Å²) in [5.74, 6) is 2.17. The number of nitrogens with one attached hydrogen (secondary N) is 4. The lowest BCUT2D eigenvalue weighted by Crippen LogP contribution is -2.40. The highest BCUT2D eigenvalue weighted by Crippen LogP contribution is 2.23. The van der Waals surface area contributed by atoms with Crippen molar-refractivity contribution in [3.05, 3.63) is 160 Å². The predicted octanol–water partition coefficient (Wildman–Crippen LogP) is 9.56. The Kier molecular flexibility index (Phi) is 26.5. The van der Waals surface area contributed by atoms with Gasteiger partial charge in [0.2, 0.25) is 5.95 Å². The van der Waals surface area contributed by atoms with Crippen LogP contribution in [0, 0.1) is 6.92 Å². The van der Waals surface area contributed by atoms with Gasteiger partial charge >= 0.3 is 5.69 Å². The van der Waals surface area contributed by atoms with Crippen LogP contribution in [-0.2, 0) is 15.1 Å². The van der Waals surface area contributed by atoms with E-state index in [0.717, 1.165) is 39.1 Å². The maximum absolute atomic E-state index is 11.5. The summed E-state index contributed by atoms with van der Waals surface area (Å²) in [5.41, 5.74) is 27.9. The maximum Gasteiger partial charge on any atom is 0.349 e. The largest absolute Gasteiger partial charge is 0.398 e. The minimum Gasteiger partial charge on any atom is -0.398 e. The van der Waals surface area contributed by atoms with E-state index < -0.39 is 0 Å². The lowest BCUT2D eigenvalue weighted by molar-refractivity contribution is -0.118. The van der Waals surface area contributed by atoms with Crippen molar-refractivity contribution in [2.24, 2.45) is 0 Å². The van der Waals surface area contributed by atoms with E-state index in [2.05, 4.69) is 115 Å². The molecule has 11 rings (SSSR count). The van der Waals surface area contributed by atoms with Gasteiger partial charge in [-0.1, -0.05) is 28.0 Å². The van der Waals surface area contributed by atoms with E-state index in [9.17, 15) is 24.0 Å². The minimum absolute atomic E-state index is 0. The van der Waals surface area contributed by atoms with Crippen LogP contribution in [0.1, 0.15) is 156 Å². The highest BCUT2D eigenvalue weighted by Gasteiger charge is 2.20. The first-order chi connectivity index (χ1) is 41.6. The number of pyridine rings is 2. The number of nitrogens with zero attached hydrogens (tertiary/aromatic N) is 14. The van der Waals surface area contributed by atoms with Gasteiger partial charge in [-0.2, -0.15) is 9.97 Å². The summed E-state index contributed by atoms with van der Waals surface area (Å²) in [6.45, 7) is 41.6. The molecule has 2 amide bonds. The quantitative estimate of drug-likeness (QED) is 0.0767. The highest BCUT2D eigenvalue weighted by atomic mass is 16.2. The zero-order valence-corrected chi connectivity index (χ0v) is 54.2. The number of aryl methyl sites for hydroxylation is 1. The number of aromatic amines is 2. The zero-order valence-electron chi connectivity index (χ0n) is 54.2. The Labute approximate surface area is 532 Å². The molecule has 27 nitrogen and oxygen atoms in total. The second-order valence-electron chi connectivity index (χ2n) is 23.5. The lowest BCUT2D eigenvalue weighted by atomic mass is 10.1. The molecule has 12 N–H and O–H groups in total. The molecule has 0 saturated carbocycles. The fourth-order valence-corrected chi connectivity index (χ4v) is 8.71. The van der Waals surface area contributed by atoms with Gasteiger partial charge in [-0.25, -0.2) is 29.7 Å². The summed E-state index contributed by atoms with van der Waals surface area (Å²) in [7, 11) is 0. The number of hydrogen-bond acceptors (Lipinski definition) is 18. The molecule has 0 fully saturated rings. The molecule has 0 bridgehead atoms. The number of H-pyrrole nitrogens is 2. The summed E-state index contributed by atoms with van der Waals surface area (Å²) in [4.78, 5) is 93.7. The fourth-order valence-electron chi connectivity index (χ4n) is 8.71. The predicted molar refractivity (Wildman–Crippen MR) is 368 cm³/mol. The topological polar surface area (TPSA) is 366 Å². The summed E-state index contributed by atoms with van der Waals surface area (Å²) >= 11 is 0. The zero-order chi connectivity index (χ0) is 66.5. The van der Waals surface area contributed by atoms with Crippen LogP contribution in [0.3, 0.4) is 0 Å². The van der Waals surface area contributed by atoms with E-state index in [-0.39, 0.29) is 66.8 Å². The Bertz CT molecular complexity index is 4010. The van der Waals surface area contributed by atoms with Crippen molar-refractivity contribution in [2.45, 2.75) is 174 Å². The molecular formula is C64H96N22O5. The van der Waals surface area contributed by atoms with Gasteiger partial charge in [-0.3, -0.25) is 28.7 Å². The first kappa shape index (κ1) is 74.9. The number of imidazole rings is 2. The van der Waals surface area contributed by atoms with Crippen LogP contribution in [0.25, 0.3) is 44.4 Å². The van der Waals surface area contributed by atoms with Gasteiger partial charge in [0.25, 0.3) is 22.9 Å². The number of carbonyl (C=O) groups excluding carboxylic acids is 2. The first-order valence-electron chi connectivity index (χ1n) is 29.0. The third-order valence-electron chi connectivity index (χ3n) is 13.4. The third kappa shape index (κ3) is 19.3. The molecule has 0 saturated heterocycles. The van der Waals surface area contributed by atoms with Crippen LogP contribution in [0.4, 0.5) is 23.1 Å². The minimum atomic E-state index is -0.303. The third-order valence-corrected chi connectivity index (χ3v) is 13.4. The summed E-state index contributed by atoms with van der Waals surface area (Å²) < 4.78 is 9.47. The van der Waals surface area contributed by atoms with Crippen molar-refractivity contribution in [1.82, 2.24) is 88.1 Å².